The second-order valence-electron chi connectivity index (χ2n) is 4.52. The van der Waals surface area contributed by atoms with Gasteiger partial charge in [0, 0.05) is 28.0 Å². The molecule has 0 aliphatic heterocycles. The van der Waals surface area contributed by atoms with Crippen molar-refractivity contribution in [1.82, 2.24) is 10.3 Å². The Morgan fingerprint density at radius 3 is 2.61 bits per heavy atom. The fourth-order valence-electron chi connectivity index (χ4n) is 1.99. The zero-order chi connectivity index (χ0) is 13.0. The van der Waals surface area contributed by atoms with Gasteiger partial charge in [-0.1, -0.05) is 13.0 Å². The zero-order valence-corrected chi connectivity index (χ0v) is 12.0. The maximum absolute atomic E-state index is 4.39. The lowest BCUT2D eigenvalue weighted by molar-refractivity contribution is 0.491. The van der Waals surface area contributed by atoms with E-state index in [9.17, 15) is 0 Å². The highest BCUT2D eigenvalue weighted by molar-refractivity contribution is 7.12. The van der Waals surface area contributed by atoms with Crippen LogP contribution in [0.5, 0.6) is 0 Å². The summed E-state index contributed by atoms with van der Waals surface area (Å²) >= 11 is 1.90. The van der Waals surface area contributed by atoms with E-state index >= 15 is 0 Å². The molecule has 0 amide bonds. The molecule has 2 rings (SSSR count). The predicted octanol–water partition coefficient (Wildman–Crippen LogP) is 4.12. The van der Waals surface area contributed by atoms with Crippen LogP contribution in [-0.2, 0) is 6.42 Å². The Hall–Kier alpha value is -1.19. The third-order valence-corrected chi connectivity index (χ3v) is 4.50. The Morgan fingerprint density at radius 2 is 2.00 bits per heavy atom. The van der Waals surface area contributed by atoms with Gasteiger partial charge >= 0.3 is 0 Å². The third kappa shape index (κ3) is 3.18. The van der Waals surface area contributed by atoms with E-state index in [0.29, 0.717) is 6.04 Å². The molecule has 96 valence electrons. The summed E-state index contributed by atoms with van der Waals surface area (Å²) < 4.78 is 0. The molecule has 0 saturated carbocycles. The SMILES string of the molecule is CCc1ccc(C(C)NC(C)c2ccccn2)s1. The largest absolute Gasteiger partial charge is 0.301 e. The quantitative estimate of drug-likeness (QED) is 0.875. The van der Waals surface area contributed by atoms with Gasteiger partial charge in [0.1, 0.15) is 0 Å². The van der Waals surface area contributed by atoms with Gasteiger partial charge in [0.25, 0.3) is 0 Å². The van der Waals surface area contributed by atoms with E-state index in [1.807, 2.05) is 29.7 Å². The van der Waals surface area contributed by atoms with Crippen molar-refractivity contribution in [2.45, 2.75) is 39.3 Å². The molecule has 2 aromatic rings. The van der Waals surface area contributed by atoms with Crippen LogP contribution in [0.4, 0.5) is 0 Å². The van der Waals surface area contributed by atoms with Crippen LogP contribution < -0.4 is 5.32 Å². The predicted molar refractivity (Wildman–Crippen MR) is 77.9 cm³/mol. The Balaban J connectivity index is 2.01. The van der Waals surface area contributed by atoms with Crippen LogP contribution in [0.2, 0.25) is 0 Å². The third-order valence-electron chi connectivity index (χ3n) is 3.09. The Kier molecular flexibility index (Phi) is 4.50. The molecule has 0 aromatic carbocycles. The van der Waals surface area contributed by atoms with Gasteiger partial charge in [-0.25, -0.2) is 0 Å². The smallest absolute Gasteiger partial charge is 0.0570 e. The number of pyridine rings is 1. The normalized spacial score (nSPS) is 14.4. The van der Waals surface area contributed by atoms with Crippen molar-refractivity contribution >= 4 is 11.3 Å². The molecule has 0 radical (unpaired) electrons. The van der Waals surface area contributed by atoms with Crippen molar-refractivity contribution < 1.29 is 0 Å². The molecule has 2 heterocycles. The van der Waals surface area contributed by atoms with Crippen LogP contribution in [0.3, 0.4) is 0 Å². The summed E-state index contributed by atoms with van der Waals surface area (Å²) in [4.78, 5) is 7.23. The Bertz CT molecular complexity index is 478. The molecular formula is C15H20N2S. The first kappa shape index (κ1) is 13.2. The van der Waals surface area contributed by atoms with E-state index in [0.717, 1.165) is 12.1 Å². The van der Waals surface area contributed by atoms with E-state index in [2.05, 4.69) is 49.3 Å². The summed E-state index contributed by atoms with van der Waals surface area (Å²) in [5, 5.41) is 3.60. The van der Waals surface area contributed by atoms with Gasteiger partial charge in [-0.2, -0.15) is 0 Å². The second kappa shape index (κ2) is 6.12. The van der Waals surface area contributed by atoms with E-state index in [1.54, 1.807) is 0 Å². The molecule has 0 aliphatic rings. The summed E-state index contributed by atoms with van der Waals surface area (Å²) in [7, 11) is 0. The molecule has 2 atom stereocenters. The Labute approximate surface area is 113 Å². The monoisotopic (exact) mass is 260 g/mol. The molecule has 18 heavy (non-hydrogen) atoms. The standard InChI is InChI=1S/C15H20N2S/c1-4-13-8-9-15(18-13)12(3)17-11(2)14-7-5-6-10-16-14/h5-12,17H,4H2,1-3H3. The molecule has 0 aliphatic carbocycles. The number of aryl methyl sites for hydroxylation is 1. The van der Waals surface area contributed by atoms with E-state index in [-0.39, 0.29) is 6.04 Å². The summed E-state index contributed by atoms with van der Waals surface area (Å²) in [6.07, 6.45) is 2.96. The zero-order valence-electron chi connectivity index (χ0n) is 11.2. The summed E-state index contributed by atoms with van der Waals surface area (Å²) in [5.74, 6) is 0. The second-order valence-corrected chi connectivity index (χ2v) is 5.72. The van der Waals surface area contributed by atoms with Crippen molar-refractivity contribution in [2.75, 3.05) is 0 Å². The van der Waals surface area contributed by atoms with Gasteiger partial charge in [-0.3, -0.25) is 4.98 Å². The number of hydrogen-bond donors (Lipinski definition) is 1. The van der Waals surface area contributed by atoms with Crippen LogP contribution in [0.25, 0.3) is 0 Å². The molecular weight excluding hydrogens is 240 g/mol. The summed E-state index contributed by atoms with van der Waals surface area (Å²) in [6.45, 7) is 6.57. The van der Waals surface area contributed by atoms with Gasteiger partial charge in [-0.15, -0.1) is 11.3 Å². The minimum atomic E-state index is 0.272. The molecule has 3 heteroatoms. The highest BCUT2D eigenvalue weighted by atomic mass is 32.1. The van der Waals surface area contributed by atoms with Gasteiger partial charge in [0.15, 0.2) is 0 Å². The number of thiophene rings is 1. The minimum absolute atomic E-state index is 0.272. The van der Waals surface area contributed by atoms with Crippen molar-refractivity contribution in [1.29, 1.82) is 0 Å². The first-order valence-corrected chi connectivity index (χ1v) is 7.28. The minimum Gasteiger partial charge on any atom is -0.301 e. The molecule has 0 bridgehead atoms. The fraction of sp³-hybridized carbons (Fsp3) is 0.400. The van der Waals surface area contributed by atoms with Gasteiger partial charge < -0.3 is 5.32 Å². The Morgan fingerprint density at radius 1 is 1.17 bits per heavy atom. The first-order valence-electron chi connectivity index (χ1n) is 6.46. The van der Waals surface area contributed by atoms with Crippen molar-refractivity contribution in [2.24, 2.45) is 0 Å². The lowest BCUT2D eigenvalue weighted by atomic mass is 10.1. The van der Waals surface area contributed by atoms with E-state index < -0.39 is 0 Å². The van der Waals surface area contributed by atoms with Crippen molar-refractivity contribution in [3.05, 3.63) is 52.0 Å². The van der Waals surface area contributed by atoms with Crippen LogP contribution in [0.1, 0.15) is 48.3 Å². The number of rotatable bonds is 5. The lowest BCUT2D eigenvalue weighted by Crippen LogP contribution is -2.22. The number of hydrogen-bond acceptors (Lipinski definition) is 3. The maximum atomic E-state index is 4.39. The first-order chi connectivity index (χ1) is 8.70. The average Bonchev–Trinajstić information content (AvgIpc) is 2.88. The number of nitrogens with zero attached hydrogens (tertiary/aromatic N) is 1. The lowest BCUT2D eigenvalue weighted by Gasteiger charge is -2.18. The van der Waals surface area contributed by atoms with Crippen LogP contribution >= 0.6 is 11.3 Å². The molecule has 2 unspecified atom stereocenters. The van der Waals surface area contributed by atoms with Crippen molar-refractivity contribution in [3.63, 3.8) is 0 Å². The molecule has 0 spiro atoms. The number of nitrogens with one attached hydrogen (secondary N) is 1. The molecule has 0 fully saturated rings. The molecule has 0 saturated heterocycles. The van der Waals surface area contributed by atoms with E-state index in [4.69, 9.17) is 0 Å². The molecule has 2 nitrogen and oxygen atoms in total. The number of aromatic nitrogens is 1. The summed E-state index contributed by atoms with van der Waals surface area (Å²) in [5.41, 5.74) is 1.09. The fourth-order valence-corrected chi connectivity index (χ4v) is 2.96. The van der Waals surface area contributed by atoms with Gasteiger partial charge in [-0.05, 0) is 44.5 Å². The molecule has 1 N–H and O–H groups in total. The van der Waals surface area contributed by atoms with E-state index in [1.165, 1.54) is 9.75 Å². The van der Waals surface area contributed by atoms with Gasteiger partial charge in [0.05, 0.1) is 5.69 Å². The van der Waals surface area contributed by atoms with Crippen LogP contribution in [-0.4, -0.2) is 4.98 Å². The average molecular weight is 260 g/mol. The highest BCUT2D eigenvalue weighted by Crippen LogP contribution is 2.25. The molecule has 2 aromatic heterocycles. The topological polar surface area (TPSA) is 24.9 Å². The van der Waals surface area contributed by atoms with Crippen LogP contribution in [0, 0.1) is 0 Å². The van der Waals surface area contributed by atoms with Gasteiger partial charge in [0.2, 0.25) is 0 Å². The van der Waals surface area contributed by atoms with Crippen LogP contribution in [0.15, 0.2) is 36.5 Å². The summed E-state index contributed by atoms with van der Waals surface area (Å²) in [6, 6.07) is 11.1. The maximum Gasteiger partial charge on any atom is 0.0570 e. The highest BCUT2D eigenvalue weighted by Gasteiger charge is 2.13. The van der Waals surface area contributed by atoms with Crippen molar-refractivity contribution in [3.8, 4) is 0 Å².